The summed E-state index contributed by atoms with van der Waals surface area (Å²) in [6.45, 7) is 4.00. The number of anilines is 1. The highest BCUT2D eigenvalue weighted by atomic mass is 35.5. The third-order valence-electron chi connectivity index (χ3n) is 4.79. The zero-order valence-electron chi connectivity index (χ0n) is 15.1. The van der Waals surface area contributed by atoms with Crippen LogP contribution in [0.1, 0.15) is 66.4 Å². The van der Waals surface area contributed by atoms with Crippen molar-refractivity contribution in [2.24, 2.45) is 0 Å². The minimum absolute atomic E-state index is 0.00352. The third kappa shape index (κ3) is 3.87. The molecule has 0 aromatic heterocycles. The number of halogens is 3. The molecule has 0 bridgehead atoms. The van der Waals surface area contributed by atoms with E-state index in [0.717, 1.165) is 18.4 Å². The molecule has 0 spiro atoms. The summed E-state index contributed by atoms with van der Waals surface area (Å²) in [5.41, 5.74) is 1.86. The van der Waals surface area contributed by atoms with Crippen molar-refractivity contribution in [3.8, 4) is 0 Å². The number of carbonyl (C=O) groups is 2. The lowest BCUT2D eigenvalue weighted by atomic mass is 9.92. The van der Waals surface area contributed by atoms with Crippen LogP contribution in [0, 0.1) is 5.82 Å². The summed E-state index contributed by atoms with van der Waals surface area (Å²) in [5.74, 6) is -1.68. The lowest BCUT2D eigenvalue weighted by molar-refractivity contribution is -0.117. The van der Waals surface area contributed by atoms with Gasteiger partial charge in [0.2, 0.25) is 5.91 Å². The molecule has 0 saturated heterocycles. The Morgan fingerprint density at radius 1 is 1.15 bits per heavy atom. The smallest absolute Gasteiger partial charge is 0.232 e. The predicted molar refractivity (Wildman–Crippen MR) is 107 cm³/mol. The van der Waals surface area contributed by atoms with Crippen LogP contribution in [0.25, 0.3) is 0 Å². The van der Waals surface area contributed by atoms with Crippen LogP contribution in [0.4, 0.5) is 10.1 Å². The van der Waals surface area contributed by atoms with E-state index in [1.165, 1.54) is 12.1 Å². The fourth-order valence-electron chi connectivity index (χ4n) is 3.29. The number of carbonyl (C=O) groups excluding carboxylic acids is 2. The molecule has 2 aliphatic rings. The molecular weight excluding hydrogens is 388 g/mol. The first-order valence-corrected chi connectivity index (χ1v) is 9.82. The molecule has 0 radical (unpaired) electrons. The molecule has 1 atom stereocenters. The molecule has 27 heavy (non-hydrogen) atoms. The van der Waals surface area contributed by atoms with E-state index < -0.39 is 17.5 Å². The van der Waals surface area contributed by atoms with Gasteiger partial charge in [0, 0.05) is 17.0 Å². The molecule has 3 nitrogen and oxygen atoms in total. The van der Waals surface area contributed by atoms with Gasteiger partial charge in [-0.15, -0.1) is 0 Å². The molecule has 142 valence electrons. The molecule has 1 aliphatic carbocycles. The van der Waals surface area contributed by atoms with Crippen molar-refractivity contribution < 1.29 is 14.0 Å². The van der Waals surface area contributed by atoms with Crippen molar-refractivity contribution in [3.05, 3.63) is 62.9 Å². The summed E-state index contributed by atoms with van der Waals surface area (Å²) in [5, 5.41) is 3.38. The molecule has 1 heterocycles. The van der Waals surface area contributed by atoms with Crippen molar-refractivity contribution in [1.29, 1.82) is 0 Å². The van der Waals surface area contributed by atoms with E-state index in [4.69, 9.17) is 23.2 Å². The molecule has 1 fully saturated rings. The quantitative estimate of drug-likeness (QED) is 0.600. The van der Waals surface area contributed by atoms with Crippen molar-refractivity contribution in [2.75, 3.05) is 5.32 Å². The predicted octanol–water partition coefficient (Wildman–Crippen LogP) is 6.34. The van der Waals surface area contributed by atoms with Gasteiger partial charge in [-0.25, -0.2) is 4.39 Å². The summed E-state index contributed by atoms with van der Waals surface area (Å²) < 4.78 is 14.3. The van der Waals surface area contributed by atoms with Gasteiger partial charge in [-0.3, -0.25) is 9.59 Å². The molecular formula is C21H20Cl2FNO2. The van der Waals surface area contributed by atoms with E-state index in [1.54, 1.807) is 18.2 Å². The van der Waals surface area contributed by atoms with Crippen LogP contribution in [-0.4, -0.2) is 11.7 Å². The highest BCUT2D eigenvalue weighted by Gasteiger charge is 2.36. The molecule has 1 aliphatic heterocycles. The van der Waals surface area contributed by atoms with E-state index in [1.807, 2.05) is 13.8 Å². The fraction of sp³-hybridized carbons (Fsp3) is 0.333. The van der Waals surface area contributed by atoms with Gasteiger partial charge in [0.15, 0.2) is 5.78 Å². The minimum atomic E-state index is -0.767. The third-order valence-corrected chi connectivity index (χ3v) is 5.43. The highest BCUT2D eigenvalue weighted by molar-refractivity contribution is 6.38. The molecule has 6 heteroatoms. The van der Waals surface area contributed by atoms with Gasteiger partial charge < -0.3 is 5.32 Å². The van der Waals surface area contributed by atoms with Crippen molar-refractivity contribution in [2.45, 2.75) is 44.9 Å². The zero-order valence-corrected chi connectivity index (χ0v) is 16.6. The van der Waals surface area contributed by atoms with Crippen LogP contribution in [0.15, 0.2) is 30.3 Å². The molecule has 1 amide bonds. The van der Waals surface area contributed by atoms with Gasteiger partial charge in [0.1, 0.15) is 5.82 Å². The Morgan fingerprint density at radius 3 is 2.44 bits per heavy atom. The van der Waals surface area contributed by atoms with Crippen molar-refractivity contribution in [3.63, 3.8) is 0 Å². The van der Waals surface area contributed by atoms with Gasteiger partial charge in [-0.2, -0.15) is 0 Å². The Balaban J connectivity index is 0.00000102. The number of fused-ring (bicyclic) bond motifs is 1. The van der Waals surface area contributed by atoms with Gasteiger partial charge in [0.25, 0.3) is 0 Å². The summed E-state index contributed by atoms with van der Waals surface area (Å²) in [6.07, 6.45) is 1.97. The highest BCUT2D eigenvalue weighted by Crippen LogP contribution is 2.44. The summed E-state index contributed by atoms with van der Waals surface area (Å²) in [4.78, 5) is 24.8. The lowest BCUT2D eigenvalue weighted by Gasteiger charge is -2.11. The van der Waals surface area contributed by atoms with Crippen LogP contribution in [0.2, 0.25) is 10.0 Å². The molecule has 1 saturated carbocycles. The maximum absolute atomic E-state index is 14.3. The van der Waals surface area contributed by atoms with E-state index in [-0.39, 0.29) is 17.9 Å². The Hall–Kier alpha value is -1.91. The van der Waals surface area contributed by atoms with E-state index in [2.05, 4.69) is 5.32 Å². The van der Waals surface area contributed by atoms with Crippen LogP contribution >= 0.6 is 23.2 Å². The monoisotopic (exact) mass is 407 g/mol. The van der Waals surface area contributed by atoms with Gasteiger partial charge in [-0.1, -0.05) is 43.1 Å². The standard InChI is InChI=1S/C19H14Cl2FNO2.C2H6/c20-13-5-6-14(21)18-17(13)12(19(25)23-18)8-16(24)11-4-3-10(7-15(11)22)9-1-2-9;1-2/h3-7,9,12H,1-2,8H2,(H,23,25);1-2H3. The van der Waals surface area contributed by atoms with Crippen LogP contribution in [0.5, 0.6) is 0 Å². The first-order valence-electron chi connectivity index (χ1n) is 9.07. The number of rotatable bonds is 4. The number of Topliss-reactive ketones (excluding diaryl/α,β-unsaturated/α-hetero) is 1. The second-order valence-electron chi connectivity index (χ2n) is 6.50. The first-order chi connectivity index (χ1) is 13.0. The first kappa shape index (κ1) is 19.8. The Morgan fingerprint density at radius 2 is 1.81 bits per heavy atom. The van der Waals surface area contributed by atoms with Gasteiger partial charge in [0.05, 0.1) is 22.2 Å². The Labute approximate surface area is 167 Å². The molecule has 2 aromatic carbocycles. The van der Waals surface area contributed by atoms with E-state index in [9.17, 15) is 14.0 Å². The van der Waals surface area contributed by atoms with Crippen molar-refractivity contribution >= 4 is 40.6 Å². The summed E-state index contributed by atoms with van der Waals surface area (Å²) >= 11 is 12.3. The summed E-state index contributed by atoms with van der Waals surface area (Å²) in [7, 11) is 0. The maximum atomic E-state index is 14.3. The minimum Gasteiger partial charge on any atom is -0.324 e. The van der Waals surface area contributed by atoms with Crippen LogP contribution in [0.3, 0.4) is 0 Å². The number of ketones is 1. The number of hydrogen-bond donors (Lipinski definition) is 1. The normalized spacial score (nSPS) is 17.7. The van der Waals surface area contributed by atoms with Gasteiger partial charge >= 0.3 is 0 Å². The zero-order chi connectivity index (χ0) is 19.7. The maximum Gasteiger partial charge on any atom is 0.232 e. The van der Waals surface area contributed by atoms with E-state index in [0.29, 0.717) is 27.2 Å². The second kappa shape index (κ2) is 7.99. The molecule has 2 aromatic rings. The molecule has 1 N–H and O–H groups in total. The summed E-state index contributed by atoms with van der Waals surface area (Å²) in [6, 6.07) is 7.91. The van der Waals surface area contributed by atoms with Crippen molar-refractivity contribution in [1.82, 2.24) is 0 Å². The topological polar surface area (TPSA) is 46.2 Å². The Kier molecular flexibility index (Phi) is 5.87. The molecule has 1 unspecified atom stereocenters. The number of nitrogens with one attached hydrogen (secondary N) is 1. The number of amides is 1. The molecule has 4 rings (SSSR count). The Bertz CT molecular complexity index is 909. The average Bonchev–Trinajstić information content (AvgIpc) is 3.45. The van der Waals surface area contributed by atoms with Crippen LogP contribution < -0.4 is 5.32 Å². The fourth-order valence-corrected chi connectivity index (χ4v) is 3.80. The number of hydrogen-bond acceptors (Lipinski definition) is 2. The lowest BCUT2D eigenvalue weighted by Crippen LogP contribution is -2.17. The second-order valence-corrected chi connectivity index (χ2v) is 7.31. The SMILES string of the molecule is CC.O=C(CC1C(=O)Nc2c(Cl)ccc(Cl)c21)c1ccc(C2CC2)cc1F. The number of benzene rings is 2. The van der Waals surface area contributed by atoms with Gasteiger partial charge in [-0.05, 0) is 48.6 Å². The van der Waals surface area contributed by atoms with E-state index >= 15 is 0 Å². The largest absolute Gasteiger partial charge is 0.324 e. The van der Waals surface area contributed by atoms with Crippen LogP contribution in [-0.2, 0) is 4.79 Å². The average molecular weight is 408 g/mol.